The molecule has 2 bridgehead atoms. The Labute approximate surface area is 142 Å². The summed E-state index contributed by atoms with van der Waals surface area (Å²) in [7, 11) is 1.87. The van der Waals surface area contributed by atoms with Gasteiger partial charge in [0.2, 0.25) is 11.8 Å². The van der Waals surface area contributed by atoms with E-state index < -0.39 is 5.41 Å². The van der Waals surface area contributed by atoms with Gasteiger partial charge in [-0.1, -0.05) is 13.8 Å². The maximum Gasteiger partial charge on any atom is 0.257 e. The van der Waals surface area contributed by atoms with E-state index in [0.717, 1.165) is 25.7 Å². The van der Waals surface area contributed by atoms with Crippen molar-refractivity contribution < 1.29 is 14.3 Å². The van der Waals surface area contributed by atoms with Crippen molar-refractivity contribution in [3.05, 3.63) is 17.8 Å². The highest BCUT2D eigenvalue weighted by molar-refractivity contribution is 5.97. The van der Waals surface area contributed by atoms with Crippen LogP contribution in [0.15, 0.2) is 12.3 Å². The molecule has 132 valence electrons. The molecule has 2 aliphatic rings. The Morgan fingerprint density at radius 2 is 2.00 bits per heavy atom. The Hall–Kier alpha value is -1.98. The van der Waals surface area contributed by atoms with E-state index in [1.54, 1.807) is 6.07 Å². The summed E-state index contributed by atoms with van der Waals surface area (Å²) >= 11 is 0. The third-order valence-electron chi connectivity index (χ3n) is 5.56. The second kappa shape index (κ2) is 5.83. The number of nitrogens with zero attached hydrogens (tertiary/aromatic N) is 1. The van der Waals surface area contributed by atoms with Crippen molar-refractivity contribution in [2.45, 2.75) is 51.5 Å². The fourth-order valence-electron chi connectivity index (χ4n) is 4.13. The summed E-state index contributed by atoms with van der Waals surface area (Å²) in [5, 5.41) is 3.18. The molecule has 1 heterocycles. The van der Waals surface area contributed by atoms with Gasteiger partial charge in [0, 0.05) is 18.8 Å². The molecule has 6 nitrogen and oxygen atoms in total. The number of primary amides is 1. The average Bonchev–Trinajstić information content (AvgIpc) is 3.17. The molecule has 2 fully saturated rings. The lowest BCUT2D eigenvalue weighted by molar-refractivity contribution is -0.127. The number of fused-ring (bicyclic) bond motifs is 2. The lowest BCUT2D eigenvalue weighted by atomic mass is 9.83. The summed E-state index contributed by atoms with van der Waals surface area (Å²) < 4.78 is 7.64. The molecule has 3 N–H and O–H groups in total. The van der Waals surface area contributed by atoms with E-state index in [4.69, 9.17) is 10.5 Å². The van der Waals surface area contributed by atoms with Crippen molar-refractivity contribution in [3.8, 4) is 5.88 Å². The van der Waals surface area contributed by atoms with Gasteiger partial charge in [-0.15, -0.1) is 0 Å². The summed E-state index contributed by atoms with van der Waals surface area (Å²) in [5.41, 5.74) is 5.43. The molecule has 3 rings (SSSR count). The van der Waals surface area contributed by atoms with Gasteiger partial charge in [0.1, 0.15) is 5.56 Å². The first kappa shape index (κ1) is 16.9. The Morgan fingerprint density at radius 1 is 1.33 bits per heavy atom. The van der Waals surface area contributed by atoms with Crippen LogP contribution in [0, 0.1) is 11.3 Å². The highest BCUT2D eigenvalue weighted by Gasteiger charge is 2.57. The van der Waals surface area contributed by atoms with E-state index in [9.17, 15) is 9.59 Å². The number of hydrogen-bond acceptors (Lipinski definition) is 3. The fraction of sp³-hybridized carbons (Fsp3) is 0.667. The molecule has 24 heavy (non-hydrogen) atoms. The Bertz CT molecular complexity index is 654. The monoisotopic (exact) mass is 333 g/mol. The summed E-state index contributed by atoms with van der Waals surface area (Å²) in [5.74, 6) is 0.623. The van der Waals surface area contributed by atoms with Crippen molar-refractivity contribution in [1.82, 2.24) is 9.88 Å². The second-order valence-corrected chi connectivity index (χ2v) is 7.91. The Morgan fingerprint density at radius 3 is 2.54 bits per heavy atom. The van der Waals surface area contributed by atoms with Crippen LogP contribution in [0.3, 0.4) is 0 Å². The van der Waals surface area contributed by atoms with Crippen LogP contribution >= 0.6 is 0 Å². The SMILES string of the molecule is CC(C)COc1c(C(=O)NC23CCC(C(N)=O)(CC2)C3)ccn1C. The van der Waals surface area contributed by atoms with Gasteiger partial charge in [-0.25, -0.2) is 0 Å². The molecule has 0 atom stereocenters. The van der Waals surface area contributed by atoms with Crippen molar-refractivity contribution in [2.75, 3.05) is 6.61 Å². The second-order valence-electron chi connectivity index (χ2n) is 7.91. The van der Waals surface area contributed by atoms with Gasteiger partial charge in [-0.05, 0) is 44.1 Å². The summed E-state index contributed by atoms with van der Waals surface area (Å²) in [6.45, 7) is 4.71. The average molecular weight is 333 g/mol. The quantitative estimate of drug-likeness (QED) is 0.834. The Balaban J connectivity index is 1.74. The Kier molecular flexibility index (Phi) is 4.10. The van der Waals surface area contributed by atoms with Crippen molar-refractivity contribution in [3.63, 3.8) is 0 Å². The largest absolute Gasteiger partial charge is 0.478 e. The van der Waals surface area contributed by atoms with Crippen molar-refractivity contribution in [1.29, 1.82) is 0 Å². The number of carbonyl (C=O) groups is 2. The lowest BCUT2D eigenvalue weighted by Crippen LogP contribution is -2.45. The van der Waals surface area contributed by atoms with Crippen molar-refractivity contribution >= 4 is 11.8 Å². The van der Waals surface area contributed by atoms with Gasteiger partial charge in [-0.3, -0.25) is 9.59 Å². The van der Waals surface area contributed by atoms with E-state index in [1.165, 1.54) is 0 Å². The summed E-state index contributed by atoms with van der Waals surface area (Å²) in [6, 6.07) is 1.78. The third-order valence-corrected chi connectivity index (χ3v) is 5.56. The number of carbonyl (C=O) groups excluding carboxylic acids is 2. The molecule has 0 aromatic carbocycles. The molecular formula is C18H27N3O3. The van der Waals surface area contributed by atoms with Crippen LogP contribution in [0.5, 0.6) is 5.88 Å². The highest BCUT2D eigenvalue weighted by Crippen LogP contribution is 2.56. The normalized spacial score (nSPS) is 28.3. The zero-order valence-electron chi connectivity index (χ0n) is 14.7. The maximum absolute atomic E-state index is 12.8. The number of aromatic nitrogens is 1. The molecular weight excluding hydrogens is 306 g/mol. The highest BCUT2D eigenvalue weighted by atomic mass is 16.5. The zero-order chi connectivity index (χ0) is 17.5. The van der Waals surface area contributed by atoms with Crippen LogP contribution in [0.2, 0.25) is 0 Å². The molecule has 2 aliphatic carbocycles. The molecule has 2 amide bonds. The van der Waals surface area contributed by atoms with Gasteiger partial charge < -0.3 is 20.4 Å². The van der Waals surface area contributed by atoms with Crippen LogP contribution in [-0.4, -0.2) is 28.5 Å². The van der Waals surface area contributed by atoms with E-state index in [1.807, 2.05) is 17.8 Å². The van der Waals surface area contributed by atoms with Gasteiger partial charge in [0.25, 0.3) is 5.91 Å². The number of hydrogen-bond donors (Lipinski definition) is 2. The van der Waals surface area contributed by atoms with Crippen LogP contribution in [-0.2, 0) is 11.8 Å². The fourth-order valence-corrected chi connectivity index (χ4v) is 4.13. The minimum absolute atomic E-state index is 0.128. The van der Waals surface area contributed by atoms with Gasteiger partial charge in [-0.2, -0.15) is 0 Å². The number of rotatable bonds is 6. The van der Waals surface area contributed by atoms with Gasteiger partial charge >= 0.3 is 0 Å². The first-order valence-corrected chi connectivity index (χ1v) is 8.68. The summed E-state index contributed by atoms with van der Waals surface area (Å²) in [4.78, 5) is 24.6. The van der Waals surface area contributed by atoms with Crippen LogP contribution in [0.1, 0.15) is 56.3 Å². The molecule has 1 aromatic heterocycles. The lowest BCUT2D eigenvalue weighted by Gasteiger charge is -2.28. The van der Waals surface area contributed by atoms with E-state index >= 15 is 0 Å². The molecule has 2 saturated carbocycles. The number of nitrogens with one attached hydrogen (secondary N) is 1. The van der Waals surface area contributed by atoms with Crippen LogP contribution < -0.4 is 15.8 Å². The van der Waals surface area contributed by atoms with Gasteiger partial charge in [0.15, 0.2) is 0 Å². The molecule has 0 radical (unpaired) electrons. The first-order valence-electron chi connectivity index (χ1n) is 8.68. The smallest absolute Gasteiger partial charge is 0.257 e. The number of ether oxygens (including phenoxy) is 1. The van der Waals surface area contributed by atoms with Gasteiger partial charge in [0.05, 0.1) is 12.0 Å². The topological polar surface area (TPSA) is 86.3 Å². The minimum Gasteiger partial charge on any atom is -0.478 e. The molecule has 0 saturated heterocycles. The summed E-state index contributed by atoms with van der Waals surface area (Å²) in [6.07, 6.45) is 5.67. The zero-order valence-corrected chi connectivity index (χ0v) is 14.7. The maximum atomic E-state index is 12.8. The predicted molar refractivity (Wildman–Crippen MR) is 90.7 cm³/mol. The van der Waals surface area contributed by atoms with Crippen LogP contribution in [0.25, 0.3) is 0 Å². The molecule has 0 unspecified atom stereocenters. The third kappa shape index (κ3) is 2.78. The number of aryl methyl sites for hydroxylation is 1. The molecule has 1 aromatic rings. The van der Waals surface area contributed by atoms with E-state index in [0.29, 0.717) is 30.4 Å². The predicted octanol–water partition coefficient (Wildman–Crippen LogP) is 1.98. The van der Waals surface area contributed by atoms with Crippen molar-refractivity contribution in [2.24, 2.45) is 24.1 Å². The van der Waals surface area contributed by atoms with E-state index in [2.05, 4.69) is 19.2 Å². The molecule has 6 heteroatoms. The molecule has 0 spiro atoms. The minimum atomic E-state index is -0.416. The van der Waals surface area contributed by atoms with Crippen LogP contribution in [0.4, 0.5) is 0 Å². The number of amides is 2. The van der Waals surface area contributed by atoms with E-state index in [-0.39, 0.29) is 17.4 Å². The molecule has 0 aliphatic heterocycles. The standard InChI is InChI=1S/C18H27N3O3/c1-12(2)10-24-15-13(4-9-21(15)3)14(22)20-18-7-5-17(11-18,6-8-18)16(19)23/h4,9,12H,5-8,10-11H2,1-3H3,(H2,19,23)(H,20,22). The first-order chi connectivity index (χ1) is 11.3. The number of nitrogens with two attached hydrogens (primary N) is 1.